The van der Waals surface area contributed by atoms with Gasteiger partial charge in [0.15, 0.2) is 11.0 Å². The molecule has 0 saturated carbocycles. The van der Waals surface area contributed by atoms with E-state index in [1.807, 2.05) is 41.0 Å². The molecule has 152 valence electrons. The van der Waals surface area contributed by atoms with Crippen LogP contribution >= 0.6 is 11.8 Å². The van der Waals surface area contributed by atoms with E-state index in [-0.39, 0.29) is 11.7 Å². The molecule has 0 fully saturated rings. The standard InChI is InChI=1S/C21H25N5O2S/c1-15(2)8-13-23-19(27)14-29-21-25-24-20(16-9-11-22-12-10-16)26(21)17-4-6-18(28-3)7-5-17/h4-7,9-12,15H,8,13-14H2,1-3H3,(H,23,27). The number of aromatic nitrogens is 4. The van der Waals surface area contributed by atoms with Crippen molar-refractivity contribution in [2.45, 2.75) is 25.4 Å². The lowest BCUT2D eigenvalue weighted by molar-refractivity contribution is -0.118. The highest BCUT2D eigenvalue weighted by molar-refractivity contribution is 7.99. The zero-order valence-electron chi connectivity index (χ0n) is 16.8. The predicted octanol–water partition coefficient (Wildman–Crippen LogP) is 3.59. The van der Waals surface area contributed by atoms with Crippen LogP contribution in [0.2, 0.25) is 0 Å². The van der Waals surface area contributed by atoms with Crippen molar-refractivity contribution < 1.29 is 9.53 Å². The summed E-state index contributed by atoms with van der Waals surface area (Å²) >= 11 is 1.36. The molecule has 1 aromatic carbocycles. The van der Waals surface area contributed by atoms with Crippen molar-refractivity contribution in [3.05, 3.63) is 48.8 Å². The van der Waals surface area contributed by atoms with Crippen LogP contribution in [0.25, 0.3) is 17.1 Å². The maximum atomic E-state index is 12.2. The average molecular weight is 412 g/mol. The number of amides is 1. The summed E-state index contributed by atoms with van der Waals surface area (Å²) in [5.74, 6) is 2.30. The highest BCUT2D eigenvalue weighted by Gasteiger charge is 2.17. The molecule has 0 bridgehead atoms. The Bertz CT molecular complexity index is 926. The Labute approximate surface area is 174 Å². The number of ether oxygens (including phenoxy) is 1. The van der Waals surface area contributed by atoms with Crippen LogP contribution in [0, 0.1) is 5.92 Å². The van der Waals surface area contributed by atoms with Crippen LogP contribution < -0.4 is 10.1 Å². The van der Waals surface area contributed by atoms with Crippen molar-refractivity contribution >= 4 is 17.7 Å². The summed E-state index contributed by atoms with van der Waals surface area (Å²) in [5.41, 5.74) is 1.79. The van der Waals surface area contributed by atoms with Gasteiger partial charge in [-0.2, -0.15) is 0 Å². The molecule has 0 saturated heterocycles. The molecule has 0 aliphatic heterocycles. The largest absolute Gasteiger partial charge is 0.497 e. The van der Waals surface area contributed by atoms with E-state index in [9.17, 15) is 4.79 Å². The second-order valence-electron chi connectivity index (χ2n) is 6.90. The molecule has 0 unspecified atom stereocenters. The van der Waals surface area contributed by atoms with Gasteiger partial charge >= 0.3 is 0 Å². The van der Waals surface area contributed by atoms with Gasteiger partial charge in [0.1, 0.15) is 5.75 Å². The van der Waals surface area contributed by atoms with Gasteiger partial charge < -0.3 is 10.1 Å². The van der Waals surface area contributed by atoms with E-state index in [0.717, 1.165) is 23.4 Å². The third kappa shape index (κ3) is 5.57. The second-order valence-corrected chi connectivity index (χ2v) is 7.84. The summed E-state index contributed by atoms with van der Waals surface area (Å²) in [7, 11) is 1.63. The summed E-state index contributed by atoms with van der Waals surface area (Å²) in [4.78, 5) is 16.3. The Kier molecular flexibility index (Phi) is 7.24. The van der Waals surface area contributed by atoms with E-state index in [0.29, 0.717) is 23.4 Å². The van der Waals surface area contributed by atoms with E-state index in [1.54, 1.807) is 19.5 Å². The highest BCUT2D eigenvalue weighted by Crippen LogP contribution is 2.28. The number of thioether (sulfide) groups is 1. The Hall–Kier alpha value is -2.87. The molecule has 7 nitrogen and oxygen atoms in total. The fourth-order valence-electron chi connectivity index (χ4n) is 2.70. The zero-order valence-corrected chi connectivity index (χ0v) is 17.6. The van der Waals surface area contributed by atoms with Crippen LogP contribution in [0.5, 0.6) is 5.75 Å². The van der Waals surface area contributed by atoms with Gasteiger partial charge in [0, 0.05) is 30.2 Å². The van der Waals surface area contributed by atoms with Gasteiger partial charge in [-0.25, -0.2) is 0 Å². The van der Waals surface area contributed by atoms with Crippen molar-refractivity contribution in [3.63, 3.8) is 0 Å². The zero-order chi connectivity index (χ0) is 20.6. The molecule has 3 aromatic rings. The first-order valence-electron chi connectivity index (χ1n) is 9.48. The summed E-state index contributed by atoms with van der Waals surface area (Å²) < 4.78 is 7.20. The number of pyridine rings is 1. The van der Waals surface area contributed by atoms with Gasteiger partial charge in [0.05, 0.1) is 12.9 Å². The third-order valence-corrected chi connectivity index (χ3v) is 5.21. The fourth-order valence-corrected chi connectivity index (χ4v) is 3.48. The van der Waals surface area contributed by atoms with E-state index < -0.39 is 0 Å². The monoisotopic (exact) mass is 411 g/mol. The van der Waals surface area contributed by atoms with Gasteiger partial charge in [-0.05, 0) is 48.7 Å². The SMILES string of the molecule is COc1ccc(-n2c(SCC(=O)NCCC(C)C)nnc2-c2ccncc2)cc1. The lowest BCUT2D eigenvalue weighted by Crippen LogP contribution is -2.27. The highest BCUT2D eigenvalue weighted by atomic mass is 32.2. The molecule has 1 N–H and O–H groups in total. The minimum Gasteiger partial charge on any atom is -0.497 e. The van der Waals surface area contributed by atoms with Crippen LogP contribution in [0.4, 0.5) is 0 Å². The Morgan fingerprint density at radius 1 is 1.14 bits per heavy atom. The summed E-state index contributed by atoms with van der Waals surface area (Å²) in [6.07, 6.45) is 4.40. The second kappa shape index (κ2) is 10.1. The van der Waals surface area contributed by atoms with E-state index in [2.05, 4.69) is 34.3 Å². The molecule has 8 heteroatoms. The van der Waals surface area contributed by atoms with Crippen LogP contribution in [-0.2, 0) is 4.79 Å². The van der Waals surface area contributed by atoms with Gasteiger partial charge in [0.2, 0.25) is 5.91 Å². The predicted molar refractivity (Wildman–Crippen MR) is 114 cm³/mol. The molecule has 0 aliphatic carbocycles. The Balaban J connectivity index is 1.83. The molecule has 0 aliphatic rings. The Morgan fingerprint density at radius 2 is 1.86 bits per heavy atom. The summed E-state index contributed by atoms with van der Waals surface area (Å²) in [6, 6.07) is 11.4. The maximum absolute atomic E-state index is 12.2. The quantitative estimate of drug-likeness (QED) is 0.542. The topological polar surface area (TPSA) is 81.9 Å². The average Bonchev–Trinajstić information content (AvgIpc) is 3.16. The minimum absolute atomic E-state index is 0.00890. The normalized spacial score (nSPS) is 10.9. The van der Waals surface area contributed by atoms with E-state index in [1.165, 1.54) is 11.8 Å². The van der Waals surface area contributed by atoms with Gasteiger partial charge in [0.25, 0.3) is 0 Å². The molecule has 0 radical (unpaired) electrons. The third-order valence-electron chi connectivity index (χ3n) is 4.28. The number of methoxy groups -OCH3 is 1. The first-order valence-corrected chi connectivity index (χ1v) is 10.5. The molecule has 3 rings (SSSR count). The van der Waals surface area contributed by atoms with Gasteiger partial charge in [-0.15, -0.1) is 10.2 Å². The molecular weight excluding hydrogens is 386 g/mol. The smallest absolute Gasteiger partial charge is 0.230 e. The number of carbonyl (C=O) groups excluding carboxylic acids is 1. The van der Waals surface area contributed by atoms with Crippen molar-refractivity contribution in [1.82, 2.24) is 25.1 Å². The molecular formula is C21H25N5O2S. The first-order chi connectivity index (χ1) is 14.1. The number of nitrogens with one attached hydrogen (secondary N) is 1. The molecule has 1 amide bonds. The minimum atomic E-state index is -0.00890. The van der Waals surface area contributed by atoms with E-state index >= 15 is 0 Å². The lowest BCUT2D eigenvalue weighted by atomic mass is 10.1. The Morgan fingerprint density at radius 3 is 2.52 bits per heavy atom. The van der Waals surface area contributed by atoms with Crippen molar-refractivity contribution in [2.75, 3.05) is 19.4 Å². The lowest BCUT2D eigenvalue weighted by Gasteiger charge is -2.11. The number of hydrogen-bond acceptors (Lipinski definition) is 6. The summed E-state index contributed by atoms with van der Waals surface area (Å²) in [5, 5.41) is 12.3. The molecule has 0 atom stereocenters. The molecule has 29 heavy (non-hydrogen) atoms. The molecule has 2 aromatic heterocycles. The number of carbonyl (C=O) groups is 1. The van der Waals surface area contributed by atoms with Crippen LogP contribution in [0.15, 0.2) is 53.9 Å². The first kappa shape index (κ1) is 20.9. The van der Waals surface area contributed by atoms with Crippen molar-refractivity contribution in [3.8, 4) is 22.8 Å². The van der Waals surface area contributed by atoms with Crippen LogP contribution in [-0.4, -0.2) is 45.1 Å². The fraction of sp³-hybridized carbons (Fsp3) is 0.333. The number of hydrogen-bond donors (Lipinski definition) is 1. The van der Waals surface area contributed by atoms with E-state index in [4.69, 9.17) is 4.74 Å². The van der Waals surface area contributed by atoms with Crippen molar-refractivity contribution in [1.29, 1.82) is 0 Å². The van der Waals surface area contributed by atoms with Gasteiger partial charge in [-0.3, -0.25) is 14.3 Å². The van der Waals surface area contributed by atoms with Crippen LogP contribution in [0.3, 0.4) is 0 Å². The van der Waals surface area contributed by atoms with Crippen molar-refractivity contribution in [2.24, 2.45) is 5.92 Å². The maximum Gasteiger partial charge on any atom is 0.230 e. The number of rotatable bonds is 9. The molecule has 0 spiro atoms. The number of nitrogens with zero attached hydrogens (tertiary/aromatic N) is 4. The van der Waals surface area contributed by atoms with Gasteiger partial charge in [-0.1, -0.05) is 25.6 Å². The van der Waals surface area contributed by atoms with Crippen LogP contribution in [0.1, 0.15) is 20.3 Å². The number of benzene rings is 1. The molecule has 2 heterocycles. The summed E-state index contributed by atoms with van der Waals surface area (Å²) in [6.45, 7) is 4.96.